The summed E-state index contributed by atoms with van der Waals surface area (Å²) >= 11 is 0. The number of rotatable bonds is 13. The zero-order chi connectivity index (χ0) is 32.3. The van der Waals surface area contributed by atoms with Gasteiger partial charge in [-0.2, -0.15) is 0 Å². The van der Waals surface area contributed by atoms with Crippen LogP contribution in [0.3, 0.4) is 0 Å². The molecule has 0 aliphatic carbocycles. The Labute approximate surface area is 249 Å². The summed E-state index contributed by atoms with van der Waals surface area (Å²) in [7, 11) is 1.21. The van der Waals surface area contributed by atoms with Crippen molar-refractivity contribution in [1.29, 1.82) is 0 Å². The molecule has 0 fully saturated rings. The number of ether oxygens (including phenoxy) is 6. The van der Waals surface area contributed by atoms with Crippen molar-refractivity contribution in [2.45, 2.75) is 99.6 Å². The fourth-order valence-electron chi connectivity index (χ4n) is 3.67. The summed E-state index contributed by atoms with van der Waals surface area (Å²) in [6.45, 7) is 17.1. The third-order valence-electron chi connectivity index (χ3n) is 5.95. The van der Waals surface area contributed by atoms with Gasteiger partial charge in [-0.25, -0.2) is 9.59 Å². The third kappa shape index (κ3) is 14.0. The topological polar surface area (TPSA) is 150 Å². The highest BCUT2D eigenvalue weighted by atomic mass is 16.7. The molecule has 11 heteroatoms. The van der Waals surface area contributed by atoms with Crippen molar-refractivity contribution >= 4 is 24.2 Å². The number of carbonyl (C=O) groups is 4. The molecule has 0 radical (unpaired) electrons. The van der Waals surface area contributed by atoms with Gasteiger partial charge in [0, 0.05) is 19.3 Å². The quantitative estimate of drug-likeness (QED) is 0.163. The molecule has 1 aromatic carbocycles. The molecular weight excluding hydrogens is 546 g/mol. The van der Waals surface area contributed by atoms with Gasteiger partial charge in [-0.3, -0.25) is 9.59 Å². The van der Waals surface area contributed by atoms with Crippen LogP contribution in [0.5, 0.6) is 11.5 Å². The summed E-state index contributed by atoms with van der Waals surface area (Å²) in [6.07, 6.45) is -1.71. The molecule has 0 aliphatic rings. The molecule has 0 heterocycles. The van der Waals surface area contributed by atoms with Crippen LogP contribution in [-0.4, -0.2) is 56.2 Å². The van der Waals surface area contributed by atoms with Crippen LogP contribution >= 0.6 is 0 Å². The summed E-state index contributed by atoms with van der Waals surface area (Å²) in [6, 6.07) is 4.37. The fraction of sp³-hybridized carbons (Fsp3) is 0.677. The van der Waals surface area contributed by atoms with Gasteiger partial charge in [0.05, 0.1) is 20.3 Å². The highest BCUT2D eigenvalue weighted by Crippen LogP contribution is 2.32. The Morgan fingerprint density at radius 3 is 1.86 bits per heavy atom. The van der Waals surface area contributed by atoms with E-state index in [0.717, 1.165) is 6.42 Å². The molecule has 0 aliphatic heterocycles. The van der Waals surface area contributed by atoms with Crippen LogP contribution in [0.25, 0.3) is 0 Å². The van der Waals surface area contributed by atoms with Crippen molar-refractivity contribution in [1.82, 2.24) is 0 Å². The minimum atomic E-state index is -1.59. The number of methoxy groups -OCH3 is 1. The first-order valence-electron chi connectivity index (χ1n) is 14.2. The predicted molar refractivity (Wildman–Crippen MR) is 156 cm³/mol. The number of hydrogen-bond donors (Lipinski definition) is 1. The van der Waals surface area contributed by atoms with Crippen molar-refractivity contribution in [3.63, 3.8) is 0 Å². The van der Waals surface area contributed by atoms with Crippen LogP contribution in [0, 0.1) is 16.7 Å². The van der Waals surface area contributed by atoms with Gasteiger partial charge in [0.25, 0.3) is 0 Å². The van der Waals surface area contributed by atoms with Crippen LogP contribution < -0.4 is 15.2 Å². The van der Waals surface area contributed by atoms with Gasteiger partial charge in [0.1, 0.15) is 11.6 Å². The van der Waals surface area contributed by atoms with E-state index in [-0.39, 0.29) is 66.7 Å². The van der Waals surface area contributed by atoms with E-state index in [2.05, 4.69) is 0 Å². The third-order valence-corrected chi connectivity index (χ3v) is 5.95. The average Bonchev–Trinajstić information content (AvgIpc) is 2.86. The molecule has 1 aromatic rings. The normalized spacial score (nSPS) is 14.5. The maximum absolute atomic E-state index is 12.8. The molecule has 0 amide bonds. The Bertz CT molecular complexity index is 1070. The van der Waals surface area contributed by atoms with Crippen molar-refractivity contribution in [3.8, 4) is 11.5 Å². The summed E-state index contributed by atoms with van der Waals surface area (Å²) < 4.78 is 31.6. The van der Waals surface area contributed by atoms with E-state index in [1.165, 1.54) is 19.2 Å². The Kier molecular flexibility index (Phi) is 13.8. The zero-order valence-electron chi connectivity index (χ0n) is 26.8. The highest BCUT2D eigenvalue weighted by Gasteiger charge is 2.38. The minimum absolute atomic E-state index is 0.0346. The van der Waals surface area contributed by atoms with Crippen molar-refractivity contribution < 1.29 is 47.6 Å². The van der Waals surface area contributed by atoms with Crippen molar-refractivity contribution in [2.24, 2.45) is 22.5 Å². The fourth-order valence-corrected chi connectivity index (χ4v) is 3.67. The summed E-state index contributed by atoms with van der Waals surface area (Å²) in [5.41, 5.74) is 4.78. The van der Waals surface area contributed by atoms with Gasteiger partial charge in [-0.15, -0.1) is 0 Å². The lowest BCUT2D eigenvalue weighted by Gasteiger charge is -2.29. The number of hydrogen-bond acceptors (Lipinski definition) is 11. The second-order valence-electron chi connectivity index (χ2n) is 13.2. The molecule has 238 valence electrons. The molecule has 3 atom stereocenters. The van der Waals surface area contributed by atoms with Crippen LogP contribution in [0.4, 0.5) is 9.59 Å². The first kappa shape index (κ1) is 36.7. The first-order valence-corrected chi connectivity index (χ1v) is 14.2. The number of esters is 2. The molecule has 0 saturated heterocycles. The summed E-state index contributed by atoms with van der Waals surface area (Å²) in [5.74, 6) is -1.18. The average molecular weight is 596 g/mol. The van der Waals surface area contributed by atoms with E-state index in [0.29, 0.717) is 5.56 Å². The van der Waals surface area contributed by atoms with Gasteiger partial charge in [-0.1, -0.05) is 67.9 Å². The lowest BCUT2D eigenvalue weighted by atomic mass is 9.86. The predicted octanol–water partition coefficient (Wildman–Crippen LogP) is 5.98. The molecule has 0 aromatic heterocycles. The number of nitrogens with two attached hydrogens (primary N) is 1. The molecule has 1 rings (SSSR count). The Balaban J connectivity index is 3.25. The molecule has 2 N–H and O–H groups in total. The van der Waals surface area contributed by atoms with Gasteiger partial charge in [0.2, 0.25) is 0 Å². The SMILES string of the molecule is CCC(C)CC(=O)OC(C)C[C@@](N)(Cc1ccc(OC(=O)OCC(C)(C)C)c(OC(=O)OCC(C)(C)C)c1)C(=O)OC. The smallest absolute Gasteiger partial charge is 0.468 e. The molecule has 0 bridgehead atoms. The number of carbonyl (C=O) groups excluding carboxylic acids is 4. The van der Waals surface area contributed by atoms with E-state index >= 15 is 0 Å². The highest BCUT2D eigenvalue weighted by molar-refractivity contribution is 5.81. The zero-order valence-corrected chi connectivity index (χ0v) is 26.8. The molecular formula is C31H49NO10. The van der Waals surface area contributed by atoms with Crippen LogP contribution in [0.1, 0.15) is 87.1 Å². The second-order valence-corrected chi connectivity index (χ2v) is 13.2. The van der Waals surface area contributed by atoms with Gasteiger partial charge < -0.3 is 34.2 Å². The Hall–Kier alpha value is -3.34. The van der Waals surface area contributed by atoms with Gasteiger partial charge in [-0.05, 0) is 41.4 Å². The standard InChI is InChI=1S/C31H49NO10/c1-11-20(2)14-25(33)40-21(3)16-31(32,26(34)37-10)17-22-12-13-23(41-27(35)38-18-29(4,5)6)24(15-22)42-28(36)39-19-30(7,8)9/h12-13,15,20-21H,11,14,16-19,32H2,1-10H3/t20?,21?,31-/m1/s1. The largest absolute Gasteiger partial charge is 0.513 e. The number of benzene rings is 1. The Morgan fingerprint density at radius 2 is 1.38 bits per heavy atom. The van der Waals surface area contributed by atoms with Gasteiger partial charge in [0.15, 0.2) is 11.5 Å². The van der Waals surface area contributed by atoms with Crippen LogP contribution in [-0.2, 0) is 35.0 Å². The lowest BCUT2D eigenvalue weighted by Crippen LogP contribution is -2.53. The Morgan fingerprint density at radius 1 is 0.857 bits per heavy atom. The molecule has 42 heavy (non-hydrogen) atoms. The minimum Gasteiger partial charge on any atom is -0.468 e. The molecule has 0 spiro atoms. The van der Waals surface area contributed by atoms with E-state index in [4.69, 9.17) is 34.2 Å². The summed E-state index contributed by atoms with van der Waals surface area (Å²) in [4.78, 5) is 50.0. The maximum atomic E-state index is 12.8. The van der Waals surface area contributed by atoms with E-state index in [1.807, 2.05) is 55.4 Å². The monoisotopic (exact) mass is 595 g/mol. The maximum Gasteiger partial charge on any atom is 0.513 e. The molecule has 2 unspecified atom stereocenters. The van der Waals surface area contributed by atoms with Gasteiger partial charge >= 0.3 is 24.2 Å². The first-order chi connectivity index (χ1) is 19.3. The van der Waals surface area contributed by atoms with Crippen LogP contribution in [0.15, 0.2) is 18.2 Å². The lowest BCUT2D eigenvalue weighted by molar-refractivity contribution is -0.155. The van der Waals surface area contributed by atoms with Crippen molar-refractivity contribution in [2.75, 3.05) is 20.3 Å². The van der Waals surface area contributed by atoms with E-state index in [9.17, 15) is 19.2 Å². The molecule has 0 saturated carbocycles. The summed E-state index contributed by atoms with van der Waals surface area (Å²) in [5, 5.41) is 0. The van der Waals surface area contributed by atoms with E-state index in [1.54, 1.807) is 13.0 Å². The van der Waals surface area contributed by atoms with Crippen LogP contribution in [0.2, 0.25) is 0 Å². The second kappa shape index (κ2) is 15.8. The molecule has 11 nitrogen and oxygen atoms in total. The van der Waals surface area contributed by atoms with E-state index < -0.39 is 29.9 Å². The van der Waals surface area contributed by atoms with Crippen molar-refractivity contribution in [3.05, 3.63) is 23.8 Å².